The summed E-state index contributed by atoms with van der Waals surface area (Å²) in [6.45, 7) is 4.69. The lowest BCUT2D eigenvalue weighted by atomic mass is 9.80. The SMILES string of the molecule is CCCCCCCCCCCCCC(CC)OC(CO)COC(c1ccccc1)(c1ccccc1)c1ccccc1. The summed E-state index contributed by atoms with van der Waals surface area (Å²) in [6.07, 6.45) is 16.5. The molecule has 0 heterocycles. The predicted molar refractivity (Wildman–Crippen MR) is 172 cm³/mol. The third kappa shape index (κ3) is 10.7. The van der Waals surface area contributed by atoms with Crippen LogP contribution in [0.2, 0.25) is 0 Å². The van der Waals surface area contributed by atoms with E-state index in [0.29, 0.717) is 6.61 Å². The molecule has 3 aromatic carbocycles. The maximum Gasteiger partial charge on any atom is 0.143 e. The molecule has 0 saturated heterocycles. The average Bonchev–Trinajstić information content (AvgIpc) is 3.04. The van der Waals surface area contributed by atoms with Crippen molar-refractivity contribution in [3.8, 4) is 0 Å². The molecule has 41 heavy (non-hydrogen) atoms. The summed E-state index contributed by atoms with van der Waals surface area (Å²) >= 11 is 0. The quantitative estimate of drug-likeness (QED) is 0.0985. The van der Waals surface area contributed by atoms with Crippen LogP contribution >= 0.6 is 0 Å². The zero-order valence-electron chi connectivity index (χ0n) is 25.7. The molecule has 2 atom stereocenters. The molecule has 0 aliphatic heterocycles. The Balaban J connectivity index is 1.58. The molecule has 0 aromatic heterocycles. The van der Waals surface area contributed by atoms with Gasteiger partial charge in [-0.2, -0.15) is 0 Å². The minimum absolute atomic E-state index is 0.0663. The van der Waals surface area contributed by atoms with Gasteiger partial charge in [-0.25, -0.2) is 0 Å². The van der Waals surface area contributed by atoms with Crippen molar-refractivity contribution in [1.82, 2.24) is 0 Å². The summed E-state index contributed by atoms with van der Waals surface area (Å²) in [6, 6.07) is 31.2. The highest BCUT2D eigenvalue weighted by molar-refractivity contribution is 5.47. The summed E-state index contributed by atoms with van der Waals surface area (Å²) in [4.78, 5) is 0. The maximum absolute atomic E-state index is 10.3. The van der Waals surface area contributed by atoms with Gasteiger partial charge in [0.1, 0.15) is 11.7 Å². The van der Waals surface area contributed by atoms with Gasteiger partial charge in [0.25, 0.3) is 0 Å². The first-order valence-corrected chi connectivity index (χ1v) is 16.3. The average molecular weight is 559 g/mol. The van der Waals surface area contributed by atoms with Crippen LogP contribution in [0.1, 0.15) is 114 Å². The third-order valence-corrected chi connectivity index (χ3v) is 8.20. The molecule has 0 amide bonds. The fraction of sp³-hybridized carbons (Fsp3) is 0.526. The largest absolute Gasteiger partial charge is 0.394 e. The number of benzene rings is 3. The van der Waals surface area contributed by atoms with E-state index in [1.165, 1.54) is 70.6 Å². The van der Waals surface area contributed by atoms with Gasteiger partial charge >= 0.3 is 0 Å². The number of ether oxygens (including phenoxy) is 2. The summed E-state index contributed by atoms with van der Waals surface area (Å²) in [7, 11) is 0. The molecule has 0 aliphatic carbocycles. The first kappa shape index (κ1) is 33.0. The van der Waals surface area contributed by atoms with Gasteiger partial charge in [-0.05, 0) is 29.5 Å². The Bertz CT molecular complexity index is 924. The molecule has 1 N–H and O–H groups in total. The minimum Gasteiger partial charge on any atom is -0.394 e. The third-order valence-electron chi connectivity index (χ3n) is 8.20. The van der Waals surface area contributed by atoms with Crippen LogP contribution < -0.4 is 0 Å². The molecule has 224 valence electrons. The van der Waals surface area contributed by atoms with Crippen molar-refractivity contribution in [1.29, 1.82) is 0 Å². The van der Waals surface area contributed by atoms with Crippen LogP contribution in [0.15, 0.2) is 91.0 Å². The highest BCUT2D eigenvalue weighted by Crippen LogP contribution is 2.40. The molecule has 0 saturated carbocycles. The van der Waals surface area contributed by atoms with E-state index in [1.54, 1.807) is 0 Å². The molecule has 0 fully saturated rings. The van der Waals surface area contributed by atoms with Gasteiger partial charge in [-0.1, -0.05) is 175 Å². The van der Waals surface area contributed by atoms with Crippen LogP contribution in [0.3, 0.4) is 0 Å². The topological polar surface area (TPSA) is 38.7 Å². The van der Waals surface area contributed by atoms with Crippen LogP contribution in [-0.4, -0.2) is 30.5 Å². The molecule has 0 bridgehead atoms. The van der Waals surface area contributed by atoms with Gasteiger partial charge in [0.2, 0.25) is 0 Å². The number of hydrogen-bond donors (Lipinski definition) is 1. The molecule has 0 radical (unpaired) electrons. The Morgan fingerprint density at radius 1 is 0.561 bits per heavy atom. The van der Waals surface area contributed by atoms with Gasteiger partial charge in [0.15, 0.2) is 0 Å². The highest BCUT2D eigenvalue weighted by atomic mass is 16.6. The Labute approximate surface area is 250 Å². The van der Waals surface area contributed by atoms with E-state index in [1.807, 2.05) is 18.2 Å². The number of unbranched alkanes of at least 4 members (excludes halogenated alkanes) is 10. The lowest BCUT2D eigenvalue weighted by Gasteiger charge is -2.37. The zero-order chi connectivity index (χ0) is 29.0. The van der Waals surface area contributed by atoms with E-state index in [-0.39, 0.29) is 18.8 Å². The minimum atomic E-state index is -0.807. The second-order valence-corrected chi connectivity index (χ2v) is 11.4. The standard InChI is InChI=1S/C38H54O3/c1-3-5-6-7-8-9-10-11-12-13-23-30-36(4-2)41-37(31-39)32-40-38(33-24-17-14-18-25-33,34-26-19-15-20-27-34)35-28-21-16-22-29-35/h14-22,24-29,36-37,39H,3-13,23,30-32H2,1-2H3. The highest BCUT2D eigenvalue weighted by Gasteiger charge is 2.38. The Kier molecular flexibility index (Phi) is 15.8. The number of aliphatic hydroxyl groups is 1. The van der Waals surface area contributed by atoms with Crippen molar-refractivity contribution in [2.75, 3.05) is 13.2 Å². The molecule has 3 rings (SSSR count). The predicted octanol–water partition coefficient (Wildman–Crippen LogP) is 9.85. The summed E-state index contributed by atoms with van der Waals surface area (Å²) < 4.78 is 13.4. The van der Waals surface area contributed by atoms with E-state index in [2.05, 4.69) is 86.6 Å². The van der Waals surface area contributed by atoms with Crippen molar-refractivity contribution in [2.45, 2.75) is 115 Å². The number of rotatable bonds is 22. The van der Waals surface area contributed by atoms with Crippen LogP contribution in [0.4, 0.5) is 0 Å². The maximum atomic E-state index is 10.3. The van der Waals surface area contributed by atoms with Gasteiger partial charge in [0, 0.05) is 0 Å². The van der Waals surface area contributed by atoms with Crippen molar-refractivity contribution < 1.29 is 14.6 Å². The summed E-state index contributed by atoms with van der Waals surface area (Å²) in [5.41, 5.74) is 2.37. The van der Waals surface area contributed by atoms with Gasteiger partial charge < -0.3 is 14.6 Å². The molecule has 0 spiro atoms. The zero-order valence-corrected chi connectivity index (χ0v) is 25.7. The van der Waals surface area contributed by atoms with E-state index in [0.717, 1.165) is 29.5 Å². The first-order valence-electron chi connectivity index (χ1n) is 16.3. The fourth-order valence-corrected chi connectivity index (χ4v) is 5.80. The lowest BCUT2D eigenvalue weighted by Crippen LogP contribution is -2.38. The Morgan fingerprint density at radius 2 is 0.976 bits per heavy atom. The van der Waals surface area contributed by atoms with Gasteiger partial charge in [-0.15, -0.1) is 0 Å². The van der Waals surface area contributed by atoms with Crippen molar-refractivity contribution in [3.63, 3.8) is 0 Å². The molecule has 0 aliphatic rings. The summed E-state index contributed by atoms with van der Waals surface area (Å²) in [5.74, 6) is 0. The van der Waals surface area contributed by atoms with Crippen molar-refractivity contribution in [3.05, 3.63) is 108 Å². The lowest BCUT2D eigenvalue weighted by molar-refractivity contribution is -0.108. The molecular formula is C38H54O3. The van der Waals surface area contributed by atoms with Crippen LogP contribution in [0.25, 0.3) is 0 Å². The van der Waals surface area contributed by atoms with Gasteiger partial charge in [0.05, 0.1) is 19.3 Å². The number of aliphatic hydroxyl groups excluding tert-OH is 1. The Morgan fingerprint density at radius 3 is 1.37 bits per heavy atom. The van der Waals surface area contributed by atoms with Crippen molar-refractivity contribution in [2.24, 2.45) is 0 Å². The summed E-state index contributed by atoms with van der Waals surface area (Å²) in [5, 5.41) is 10.3. The molecule has 2 unspecified atom stereocenters. The van der Waals surface area contributed by atoms with E-state index >= 15 is 0 Å². The second-order valence-electron chi connectivity index (χ2n) is 11.4. The van der Waals surface area contributed by atoms with E-state index < -0.39 is 5.60 Å². The Hall–Kier alpha value is -2.46. The van der Waals surface area contributed by atoms with Gasteiger partial charge in [-0.3, -0.25) is 0 Å². The monoisotopic (exact) mass is 558 g/mol. The molecular weight excluding hydrogens is 504 g/mol. The molecule has 3 nitrogen and oxygen atoms in total. The van der Waals surface area contributed by atoms with Crippen molar-refractivity contribution >= 4 is 0 Å². The van der Waals surface area contributed by atoms with Crippen LogP contribution in [0, 0.1) is 0 Å². The normalized spacial score (nSPS) is 13.2. The number of hydrogen-bond acceptors (Lipinski definition) is 3. The second kappa shape index (κ2) is 19.6. The van der Waals surface area contributed by atoms with E-state index in [9.17, 15) is 5.11 Å². The fourth-order valence-electron chi connectivity index (χ4n) is 5.80. The molecule has 3 heteroatoms. The molecule has 3 aromatic rings. The van der Waals surface area contributed by atoms with Crippen LogP contribution in [0.5, 0.6) is 0 Å². The first-order chi connectivity index (χ1) is 20.2. The smallest absolute Gasteiger partial charge is 0.143 e. The van der Waals surface area contributed by atoms with E-state index in [4.69, 9.17) is 9.47 Å². The van der Waals surface area contributed by atoms with Crippen LogP contribution in [-0.2, 0) is 15.1 Å².